The molecule has 2 atom stereocenters. The average molecular weight is 143 g/mol. The molecule has 60 valence electrons. The van der Waals surface area contributed by atoms with Gasteiger partial charge in [0.25, 0.3) is 0 Å². The van der Waals surface area contributed by atoms with Crippen LogP contribution in [0.15, 0.2) is 0 Å². The minimum Gasteiger partial charge on any atom is -0.393 e. The van der Waals surface area contributed by atoms with Crippen molar-refractivity contribution >= 4 is 0 Å². The van der Waals surface area contributed by atoms with Crippen LogP contribution in [0.3, 0.4) is 0 Å². The van der Waals surface area contributed by atoms with Gasteiger partial charge in [-0.3, -0.25) is 0 Å². The SMILES string of the molecule is C[C@H](O)C1CCCCNC1. The second-order valence-electron chi connectivity index (χ2n) is 3.20. The maximum absolute atomic E-state index is 9.26. The largest absolute Gasteiger partial charge is 0.393 e. The summed E-state index contributed by atoms with van der Waals surface area (Å²) in [6, 6.07) is 0. The molecule has 1 saturated heterocycles. The van der Waals surface area contributed by atoms with E-state index in [0.29, 0.717) is 5.92 Å². The van der Waals surface area contributed by atoms with Crippen LogP contribution in [-0.4, -0.2) is 24.3 Å². The van der Waals surface area contributed by atoms with Crippen molar-refractivity contribution in [1.82, 2.24) is 5.32 Å². The monoisotopic (exact) mass is 143 g/mol. The molecular weight excluding hydrogens is 126 g/mol. The molecule has 1 unspecified atom stereocenters. The highest BCUT2D eigenvalue weighted by Gasteiger charge is 2.15. The van der Waals surface area contributed by atoms with Gasteiger partial charge in [-0.15, -0.1) is 0 Å². The van der Waals surface area contributed by atoms with E-state index >= 15 is 0 Å². The zero-order chi connectivity index (χ0) is 7.40. The molecule has 2 heteroatoms. The van der Waals surface area contributed by atoms with Gasteiger partial charge in [-0.2, -0.15) is 0 Å². The first kappa shape index (κ1) is 8.02. The number of aliphatic hydroxyl groups is 1. The lowest BCUT2D eigenvalue weighted by molar-refractivity contribution is 0.122. The minimum absolute atomic E-state index is 0.134. The number of aliphatic hydroxyl groups excluding tert-OH is 1. The molecular formula is C8H17NO. The Bertz CT molecular complexity index is 85.3. The van der Waals surface area contributed by atoms with E-state index in [-0.39, 0.29) is 6.10 Å². The first-order valence-corrected chi connectivity index (χ1v) is 4.19. The second-order valence-corrected chi connectivity index (χ2v) is 3.20. The molecule has 2 nitrogen and oxygen atoms in total. The highest BCUT2D eigenvalue weighted by atomic mass is 16.3. The zero-order valence-electron chi connectivity index (χ0n) is 6.64. The maximum atomic E-state index is 9.26. The van der Waals surface area contributed by atoms with Gasteiger partial charge in [0.2, 0.25) is 0 Å². The predicted molar refractivity (Wildman–Crippen MR) is 41.9 cm³/mol. The van der Waals surface area contributed by atoms with Crippen LogP contribution in [-0.2, 0) is 0 Å². The van der Waals surface area contributed by atoms with Crippen LogP contribution in [0.1, 0.15) is 26.2 Å². The normalized spacial score (nSPS) is 31.2. The Hall–Kier alpha value is -0.0800. The molecule has 1 fully saturated rings. The molecule has 1 heterocycles. The molecule has 0 saturated carbocycles. The Morgan fingerprint density at radius 3 is 3.00 bits per heavy atom. The Labute approximate surface area is 62.6 Å². The third-order valence-corrected chi connectivity index (χ3v) is 2.27. The van der Waals surface area contributed by atoms with Gasteiger partial charge in [0.1, 0.15) is 0 Å². The fraction of sp³-hybridized carbons (Fsp3) is 1.00. The number of rotatable bonds is 1. The summed E-state index contributed by atoms with van der Waals surface area (Å²) < 4.78 is 0. The topological polar surface area (TPSA) is 32.3 Å². The second kappa shape index (κ2) is 3.94. The van der Waals surface area contributed by atoms with Crippen LogP contribution in [0.2, 0.25) is 0 Å². The van der Waals surface area contributed by atoms with E-state index in [1.807, 2.05) is 6.92 Å². The van der Waals surface area contributed by atoms with E-state index in [1.54, 1.807) is 0 Å². The third-order valence-electron chi connectivity index (χ3n) is 2.27. The molecule has 0 aromatic rings. The standard InChI is InChI=1S/C8H17NO/c1-7(10)8-4-2-3-5-9-6-8/h7-10H,2-6H2,1H3/t7-,8?/m0/s1. The molecule has 0 aromatic carbocycles. The molecule has 1 aliphatic heterocycles. The molecule has 0 aromatic heterocycles. The molecule has 10 heavy (non-hydrogen) atoms. The maximum Gasteiger partial charge on any atom is 0.0552 e. The van der Waals surface area contributed by atoms with Gasteiger partial charge in [0, 0.05) is 6.54 Å². The van der Waals surface area contributed by atoms with Gasteiger partial charge in [-0.05, 0) is 32.2 Å². The number of hydrogen-bond donors (Lipinski definition) is 2. The van der Waals surface area contributed by atoms with Crippen molar-refractivity contribution in [3.8, 4) is 0 Å². The zero-order valence-corrected chi connectivity index (χ0v) is 6.64. The first-order valence-electron chi connectivity index (χ1n) is 4.19. The number of nitrogens with one attached hydrogen (secondary N) is 1. The van der Waals surface area contributed by atoms with E-state index in [0.717, 1.165) is 13.1 Å². The van der Waals surface area contributed by atoms with Gasteiger partial charge in [-0.25, -0.2) is 0 Å². The molecule has 1 aliphatic rings. The minimum atomic E-state index is -0.134. The highest BCUT2D eigenvalue weighted by molar-refractivity contribution is 4.70. The van der Waals surface area contributed by atoms with E-state index in [4.69, 9.17) is 0 Å². The van der Waals surface area contributed by atoms with Crippen molar-refractivity contribution in [2.45, 2.75) is 32.3 Å². The summed E-state index contributed by atoms with van der Waals surface area (Å²) >= 11 is 0. The van der Waals surface area contributed by atoms with Crippen molar-refractivity contribution < 1.29 is 5.11 Å². The summed E-state index contributed by atoms with van der Waals surface area (Å²) in [5.41, 5.74) is 0. The van der Waals surface area contributed by atoms with Crippen LogP contribution in [0.25, 0.3) is 0 Å². The van der Waals surface area contributed by atoms with Crippen molar-refractivity contribution in [2.75, 3.05) is 13.1 Å². The lowest BCUT2D eigenvalue weighted by Crippen LogP contribution is -2.27. The molecule has 0 bridgehead atoms. The van der Waals surface area contributed by atoms with Crippen molar-refractivity contribution in [2.24, 2.45) is 5.92 Å². The molecule has 0 spiro atoms. The van der Waals surface area contributed by atoms with E-state index in [2.05, 4.69) is 5.32 Å². The fourth-order valence-corrected chi connectivity index (χ4v) is 1.46. The molecule has 0 amide bonds. The summed E-state index contributed by atoms with van der Waals surface area (Å²) in [6.45, 7) is 4.01. The van der Waals surface area contributed by atoms with Gasteiger partial charge < -0.3 is 10.4 Å². The van der Waals surface area contributed by atoms with Crippen LogP contribution in [0.4, 0.5) is 0 Å². The quantitative estimate of drug-likeness (QED) is 0.568. The Morgan fingerprint density at radius 2 is 2.30 bits per heavy atom. The highest BCUT2D eigenvalue weighted by Crippen LogP contribution is 2.14. The Morgan fingerprint density at radius 1 is 1.50 bits per heavy atom. The molecule has 0 radical (unpaired) electrons. The Kier molecular flexibility index (Phi) is 3.16. The lowest BCUT2D eigenvalue weighted by Gasteiger charge is -2.16. The van der Waals surface area contributed by atoms with Crippen molar-refractivity contribution in [1.29, 1.82) is 0 Å². The van der Waals surface area contributed by atoms with Crippen LogP contribution in [0, 0.1) is 5.92 Å². The van der Waals surface area contributed by atoms with E-state index < -0.39 is 0 Å². The smallest absolute Gasteiger partial charge is 0.0552 e. The summed E-state index contributed by atoms with van der Waals surface area (Å²) in [5.74, 6) is 0.488. The van der Waals surface area contributed by atoms with Gasteiger partial charge in [0.15, 0.2) is 0 Å². The summed E-state index contributed by atoms with van der Waals surface area (Å²) in [6.07, 6.45) is 3.58. The van der Waals surface area contributed by atoms with E-state index in [1.165, 1.54) is 19.3 Å². The third kappa shape index (κ3) is 2.27. The van der Waals surface area contributed by atoms with Crippen molar-refractivity contribution in [3.05, 3.63) is 0 Å². The van der Waals surface area contributed by atoms with Crippen LogP contribution < -0.4 is 5.32 Å². The van der Waals surface area contributed by atoms with Gasteiger partial charge in [0.05, 0.1) is 6.10 Å². The summed E-state index contributed by atoms with van der Waals surface area (Å²) in [5, 5.41) is 12.6. The van der Waals surface area contributed by atoms with Crippen LogP contribution >= 0.6 is 0 Å². The predicted octanol–water partition coefficient (Wildman–Crippen LogP) is 0.757. The average Bonchev–Trinajstić information content (AvgIpc) is 2.12. The number of hydrogen-bond acceptors (Lipinski definition) is 2. The van der Waals surface area contributed by atoms with Gasteiger partial charge in [-0.1, -0.05) is 6.42 Å². The van der Waals surface area contributed by atoms with E-state index in [9.17, 15) is 5.11 Å². The molecule has 2 N–H and O–H groups in total. The molecule has 1 rings (SSSR count). The van der Waals surface area contributed by atoms with Crippen LogP contribution in [0.5, 0.6) is 0 Å². The molecule has 0 aliphatic carbocycles. The Balaban J connectivity index is 2.28. The summed E-state index contributed by atoms with van der Waals surface area (Å²) in [4.78, 5) is 0. The first-order chi connectivity index (χ1) is 4.80. The van der Waals surface area contributed by atoms with Crippen molar-refractivity contribution in [3.63, 3.8) is 0 Å². The summed E-state index contributed by atoms with van der Waals surface area (Å²) in [7, 11) is 0. The van der Waals surface area contributed by atoms with Gasteiger partial charge >= 0.3 is 0 Å². The fourth-order valence-electron chi connectivity index (χ4n) is 1.46. The lowest BCUT2D eigenvalue weighted by atomic mass is 9.98.